The summed E-state index contributed by atoms with van der Waals surface area (Å²) in [5, 5.41) is 12.9. The van der Waals surface area contributed by atoms with Gasteiger partial charge >= 0.3 is 0 Å². The molecule has 3 heteroatoms. The molecule has 0 radical (unpaired) electrons. The molecule has 2 N–H and O–H groups in total. The molecule has 2 atom stereocenters. The molecule has 0 aromatic heterocycles. The van der Waals surface area contributed by atoms with E-state index in [0.29, 0.717) is 12.5 Å². The first-order chi connectivity index (χ1) is 5.70. The second-order valence-electron chi connectivity index (χ2n) is 3.70. The van der Waals surface area contributed by atoms with Gasteiger partial charge in [-0.1, -0.05) is 0 Å². The lowest BCUT2D eigenvalue weighted by atomic mass is 10.0. The van der Waals surface area contributed by atoms with Crippen molar-refractivity contribution in [1.29, 1.82) is 0 Å². The van der Waals surface area contributed by atoms with Gasteiger partial charge in [0.05, 0.1) is 18.8 Å². The largest absolute Gasteiger partial charge is 0.390 e. The van der Waals surface area contributed by atoms with E-state index in [9.17, 15) is 5.11 Å². The molecule has 1 aliphatic rings. The second kappa shape index (κ2) is 4.80. The lowest BCUT2D eigenvalue weighted by Crippen LogP contribution is -2.28. The van der Waals surface area contributed by atoms with Crippen LogP contribution in [0, 0.1) is 5.92 Å². The van der Waals surface area contributed by atoms with E-state index in [1.54, 1.807) is 0 Å². The molecule has 1 saturated heterocycles. The number of aliphatic hydroxyl groups excluding tert-OH is 1. The molecule has 0 aromatic carbocycles. The minimum Gasteiger partial charge on any atom is -0.390 e. The fourth-order valence-electron chi connectivity index (χ4n) is 1.43. The van der Waals surface area contributed by atoms with E-state index in [1.165, 1.54) is 0 Å². The predicted octanol–water partition coefficient (Wildman–Crippen LogP) is 0.382. The molecule has 0 saturated carbocycles. The van der Waals surface area contributed by atoms with Gasteiger partial charge in [-0.25, -0.2) is 0 Å². The van der Waals surface area contributed by atoms with Crippen molar-refractivity contribution >= 4 is 0 Å². The number of hydrogen-bond donors (Lipinski definition) is 2. The maximum absolute atomic E-state index is 9.63. The lowest BCUT2D eigenvalue weighted by molar-refractivity contribution is -0.0157. The van der Waals surface area contributed by atoms with Crippen molar-refractivity contribution in [2.75, 3.05) is 19.7 Å². The Labute approximate surface area is 74.1 Å². The third-order valence-electron chi connectivity index (χ3n) is 2.24. The summed E-state index contributed by atoms with van der Waals surface area (Å²) in [6.45, 7) is 6.41. The zero-order valence-corrected chi connectivity index (χ0v) is 7.92. The molecule has 0 aromatic rings. The first-order valence-electron chi connectivity index (χ1n) is 4.70. The number of ether oxygens (including phenoxy) is 1. The third-order valence-corrected chi connectivity index (χ3v) is 2.24. The van der Waals surface area contributed by atoms with Crippen LogP contribution < -0.4 is 5.32 Å². The van der Waals surface area contributed by atoms with Gasteiger partial charge in [0, 0.05) is 12.5 Å². The van der Waals surface area contributed by atoms with Crippen LogP contribution in [0.15, 0.2) is 0 Å². The summed E-state index contributed by atoms with van der Waals surface area (Å²) in [5.41, 5.74) is 0. The Hall–Kier alpha value is -0.120. The molecule has 3 nitrogen and oxygen atoms in total. The minimum atomic E-state index is -0.289. The van der Waals surface area contributed by atoms with Gasteiger partial charge in [-0.3, -0.25) is 0 Å². The van der Waals surface area contributed by atoms with Gasteiger partial charge in [-0.05, 0) is 26.8 Å². The standard InChI is InChI=1S/C9H19NO2/c1-7(2)12-6-9(11)8-3-4-10-5-8/h7-11H,3-6H2,1-2H3. The third kappa shape index (κ3) is 3.09. The Morgan fingerprint density at radius 3 is 2.83 bits per heavy atom. The molecule has 12 heavy (non-hydrogen) atoms. The van der Waals surface area contributed by atoms with Gasteiger partial charge in [-0.15, -0.1) is 0 Å². The highest BCUT2D eigenvalue weighted by Gasteiger charge is 2.22. The zero-order chi connectivity index (χ0) is 8.97. The van der Waals surface area contributed by atoms with Crippen LogP contribution >= 0.6 is 0 Å². The molecule has 2 unspecified atom stereocenters. The Kier molecular flexibility index (Phi) is 3.98. The predicted molar refractivity (Wildman–Crippen MR) is 48.1 cm³/mol. The lowest BCUT2D eigenvalue weighted by Gasteiger charge is -2.18. The summed E-state index contributed by atoms with van der Waals surface area (Å²) >= 11 is 0. The number of rotatable bonds is 4. The summed E-state index contributed by atoms with van der Waals surface area (Å²) < 4.78 is 5.34. The van der Waals surface area contributed by atoms with E-state index in [1.807, 2.05) is 13.8 Å². The van der Waals surface area contributed by atoms with Gasteiger partial charge in [0.1, 0.15) is 0 Å². The van der Waals surface area contributed by atoms with Gasteiger partial charge in [-0.2, -0.15) is 0 Å². The molecule has 1 rings (SSSR count). The van der Waals surface area contributed by atoms with Crippen molar-refractivity contribution in [3.8, 4) is 0 Å². The zero-order valence-electron chi connectivity index (χ0n) is 7.92. The van der Waals surface area contributed by atoms with Crippen LogP contribution in [0.2, 0.25) is 0 Å². The maximum atomic E-state index is 9.63. The van der Waals surface area contributed by atoms with Crippen LogP contribution in [-0.4, -0.2) is 37.0 Å². The summed E-state index contributed by atoms with van der Waals surface area (Å²) in [4.78, 5) is 0. The van der Waals surface area contributed by atoms with Crippen LogP contribution in [0.1, 0.15) is 20.3 Å². The van der Waals surface area contributed by atoms with E-state index in [-0.39, 0.29) is 12.2 Å². The molecular weight excluding hydrogens is 154 g/mol. The highest BCUT2D eigenvalue weighted by Crippen LogP contribution is 2.13. The van der Waals surface area contributed by atoms with Crippen molar-refractivity contribution < 1.29 is 9.84 Å². The summed E-state index contributed by atoms with van der Waals surface area (Å²) in [6, 6.07) is 0. The molecule has 0 amide bonds. The quantitative estimate of drug-likeness (QED) is 0.646. The highest BCUT2D eigenvalue weighted by atomic mass is 16.5. The average Bonchev–Trinajstić information content (AvgIpc) is 2.51. The molecule has 0 bridgehead atoms. The number of hydrogen-bond acceptors (Lipinski definition) is 3. The molecule has 1 heterocycles. The van der Waals surface area contributed by atoms with E-state index < -0.39 is 0 Å². The second-order valence-corrected chi connectivity index (χ2v) is 3.70. The Balaban J connectivity index is 2.13. The van der Waals surface area contributed by atoms with Crippen LogP contribution in [-0.2, 0) is 4.74 Å². The number of aliphatic hydroxyl groups is 1. The number of nitrogens with one attached hydrogen (secondary N) is 1. The van der Waals surface area contributed by atoms with E-state index in [0.717, 1.165) is 19.5 Å². The van der Waals surface area contributed by atoms with Crippen LogP contribution in [0.25, 0.3) is 0 Å². The normalized spacial score (nSPS) is 26.5. The van der Waals surface area contributed by atoms with Crippen molar-refractivity contribution in [2.45, 2.75) is 32.5 Å². The molecule has 0 spiro atoms. The molecule has 1 fully saturated rings. The monoisotopic (exact) mass is 173 g/mol. The van der Waals surface area contributed by atoms with Crippen molar-refractivity contribution in [3.63, 3.8) is 0 Å². The Morgan fingerprint density at radius 1 is 1.58 bits per heavy atom. The SMILES string of the molecule is CC(C)OCC(O)C1CCNC1. The van der Waals surface area contributed by atoms with Gasteiger partial charge in [0.25, 0.3) is 0 Å². The van der Waals surface area contributed by atoms with Gasteiger partial charge in [0.15, 0.2) is 0 Å². The maximum Gasteiger partial charge on any atom is 0.0814 e. The summed E-state index contributed by atoms with van der Waals surface area (Å²) in [7, 11) is 0. The Morgan fingerprint density at radius 2 is 2.33 bits per heavy atom. The highest BCUT2D eigenvalue weighted by molar-refractivity contribution is 4.77. The average molecular weight is 173 g/mol. The summed E-state index contributed by atoms with van der Waals surface area (Å²) in [6.07, 6.45) is 0.999. The fraction of sp³-hybridized carbons (Fsp3) is 1.00. The summed E-state index contributed by atoms with van der Waals surface area (Å²) in [5.74, 6) is 0.392. The van der Waals surface area contributed by atoms with Crippen molar-refractivity contribution in [3.05, 3.63) is 0 Å². The molecule has 1 aliphatic heterocycles. The Bertz CT molecular complexity index is 122. The first kappa shape index (κ1) is 9.96. The van der Waals surface area contributed by atoms with E-state index in [4.69, 9.17) is 4.74 Å². The topological polar surface area (TPSA) is 41.5 Å². The molecule has 72 valence electrons. The molecular formula is C9H19NO2. The van der Waals surface area contributed by atoms with Crippen LogP contribution in [0.4, 0.5) is 0 Å². The smallest absolute Gasteiger partial charge is 0.0814 e. The van der Waals surface area contributed by atoms with Crippen LogP contribution in [0.5, 0.6) is 0 Å². The fourth-order valence-corrected chi connectivity index (χ4v) is 1.43. The molecule has 0 aliphatic carbocycles. The first-order valence-corrected chi connectivity index (χ1v) is 4.70. The van der Waals surface area contributed by atoms with Crippen molar-refractivity contribution in [1.82, 2.24) is 5.32 Å². The minimum absolute atomic E-state index is 0.217. The van der Waals surface area contributed by atoms with Crippen molar-refractivity contribution in [2.24, 2.45) is 5.92 Å². The van der Waals surface area contributed by atoms with E-state index >= 15 is 0 Å². The van der Waals surface area contributed by atoms with Gasteiger partial charge < -0.3 is 15.2 Å². The van der Waals surface area contributed by atoms with Gasteiger partial charge in [0.2, 0.25) is 0 Å². The van der Waals surface area contributed by atoms with Crippen LogP contribution in [0.3, 0.4) is 0 Å². The van der Waals surface area contributed by atoms with E-state index in [2.05, 4.69) is 5.32 Å².